The minimum absolute atomic E-state index is 0.620. The van der Waals surface area contributed by atoms with Crippen LogP contribution in [0.5, 0.6) is 0 Å². The van der Waals surface area contributed by atoms with Crippen LogP contribution in [0.4, 0.5) is 5.69 Å². The van der Waals surface area contributed by atoms with Crippen molar-refractivity contribution < 1.29 is 0 Å². The van der Waals surface area contributed by atoms with Crippen LogP contribution in [0, 0.1) is 0 Å². The molecule has 1 heterocycles. The Hall–Kier alpha value is -0.540. The van der Waals surface area contributed by atoms with Gasteiger partial charge in [-0.1, -0.05) is 15.9 Å². The summed E-state index contributed by atoms with van der Waals surface area (Å²) in [5, 5.41) is 3.66. The van der Waals surface area contributed by atoms with E-state index in [2.05, 4.69) is 64.3 Å². The molecule has 2 rings (SSSR count). The molecule has 1 aromatic rings. The molecule has 2 nitrogen and oxygen atoms in total. The average molecular weight is 311 g/mol. The molecule has 1 fully saturated rings. The average Bonchev–Trinajstić information content (AvgIpc) is 2.58. The van der Waals surface area contributed by atoms with Crippen LogP contribution in [-0.4, -0.2) is 30.1 Å². The minimum Gasteiger partial charge on any atom is -0.382 e. The molecule has 1 aliphatic rings. The van der Waals surface area contributed by atoms with Gasteiger partial charge in [0.2, 0.25) is 0 Å². The van der Waals surface area contributed by atoms with Crippen LogP contribution < -0.4 is 5.32 Å². The van der Waals surface area contributed by atoms with Gasteiger partial charge in [-0.25, -0.2) is 0 Å². The molecule has 1 atom stereocenters. The molecule has 1 saturated heterocycles. The van der Waals surface area contributed by atoms with Crippen molar-refractivity contribution in [1.82, 2.24) is 4.90 Å². The van der Waals surface area contributed by atoms with Crippen LogP contribution >= 0.6 is 15.9 Å². The van der Waals surface area contributed by atoms with Gasteiger partial charge in [0.25, 0.3) is 0 Å². The van der Waals surface area contributed by atoms with Crippen LogP contribution in [0.2, 0.25) is 0 Å². The maximum absolute atomic E-state index is 3.66. The summed E-state index contributed by atoms with van der Waals surface area (Å²) in [7, 11) is 0. The van der Waals surface area contributed by atoms with Crippen LogP contribution in [0.25, 0.3) is 0 Å². The number of halogens is 1. The molecule has 0 aliphatic carbocycles. The van der Waals surface area contributed by atoms with Crippen molar-refractivity contribution in [3.8, 4) is 0 Å². The van der Waals surface area contributed by atoms with E-state index in [1.54, 1.807) is 0 Å². The summed E-state index contributed by atoms with van der Waals surface area (Å²) in [5.74, 6) is 0. The fourth-order valence-electron chi connectivity index (χ4n) is 2.56. The second-order valence-corrected chi connectivity index (χ2v) is 6.32. The highest BCUT2D eigenvalue weighted by atomic mass is 79.9. The Kier molecular flexibility index (Phi) is 5.07. The zero-order valence-corrected chi connectivity index (χ0v) is 12.9. The Labute approximate surface area is 119 Å². The second-order valence-electron chi connectivity index (χ2n) is 5.41. The van der Waals surface area contributed by atoms with E-state index in [9.17, 15) is 0 Å². The lowest BCUT2D eigenvalue weighted by Crippen LogP contribution is -2.32. The number of nitrogens with one attached hydrogen (secondary N) is 1. The van der Waals surface area contributed by atoms with E-state index in [-0.39, 0.29) is 0 Å². The first-order valence-corrected chi connectivity index (χ1v) is 7.70. The van der Waals surface area contributed by atoms with E-state index in [1.165, 1.54) is 38.0 Å². The third kappa shape index (κ3) is 3.99. The lowest BCUT2D eigenvalue weighted by molar-refractivity contribution is 0.230. The molecule has 0 aromatic heterocycles. The maximum Gasteiger partial charge on any atom is 0.0343 e. The lowest BCUT2D eigenvalue weighted by Gasteiger charge is -2.24. The molecule has 18 heavy (non-hydrogen) atoms. The van der Waals surface area contributed by atoms with E-state index in [0.29, 0.717) is 12.1 Å². The van der Waals surface area contributed by atoms with Crippen molar-refractivity contribution >= 4 is 21.6 Å². The van der Waals surface area contributed by atoms with Gasteiger partial charge in [-0.3, -0.25) is 0 Å². The monoisotopic (exact) mass is 310 g/mol. The molecule has 1 unspecified atom stereocenters. The van der Waals surface area contributed by atoms with Crippen molar-refractivity contribution in [2.24, 2.45) is 0 Å². The Morgan fingerprint density at radius 2 is 1.89 bits per heavy atom. The summed E-state index contributed by atoms with van der Waals surface area (Å²) in [4.78, 5) is 2.59. The summed E-state index contributed by atoms with van der Waals surface area (Å²) >= 11 is 3.47. The fraction of sp³-hybridized carbons (Fsp3) is 0.600. The van der Waals surface area contributed by atoms with Crippen LogP contribution in [0.3, 0.4) is 0 Å². The first kappa shape index (κ1) is 13.9. The predicted octanol–water partition coefficient (Wildman–Crippen LogP) is 4.12. The summed E-state index contributed by atoms with van der Waals surface area (Å²) < 4.78 is 1.14. The third-order valence-corrected chi connectivity index (χ3v) is 4.24. The van der Waals surface area contributed by atoms with Crippen LogP contribution in [-0.2, 0) is 0 Å². The fourth-order valence-corrected chi connectivity index (χ4v) is 2.83. The Morgan fingerprint density at radius 3 is 2.56 bits per heavy atom. The van der Waals surface area contributed by atoms with Gasteiger partial charge in [0.15, 0.2) is 0 Å². The van der Waals surface area contributed by atoms with Crippen LogP contribution in [0.15, 0.2) is 28.7 Å². The number of anilines is 1. The molecule has 0 amide bonds. The first-order chi connectivity index (χ1) is 8.65. The molecule has 100 valence electrons. The smallest absolute Gasteiger partial charge is 0.0343 e. The summed E-state index contributed by atoms with van der Waals surface area (Å²) in [6.45, 7) is 7.05. The van der Waals surface area contributed by atoms with Gasteiger partial charge in [-0.15, -0.1) is 0 Å². The van der Waals surface area contributed by atoms with Gasteiger partial charge in [0, 0.05) is 28.8 Å². The van der Waals surface area contributed by atoms with E-state index >= 15 is 0 Å². The second kappa shape index (κ2) is 6.58. The van der Waals surface area contributed by atoms with E-state index in [1.807, 2.05) is 0 Å². The maximum atomic E-state index is 3.66. The molecular formula is C15H23BrN2. The molecule has 0 radical (unpaired) electrons. The van der Waals surface area contributed by atoms with E-state index in [0.717, 1.165) is 4.47 Å². The topological polar surface area (TPSA) is 15.3 Å². The van der Waals surface area contributed by atoms with Gasteiger partial charge in [0.1, 0.15) is 0 Å². The molecule has 1 N–H and O–H groups in total. The van der Waals surface area contributed by atoms with E-state index in [4.69, 9.17) is 0 Å². The summed E-state index contributed by atoms with van der Waals surface area (Å²) in [6.07, 6.45) is 3.82. The van der Waals surface area contributed by atoms with E-state index < -0.39 is 0 Å². The van der Waals surface area contributed by atoms with Crippen molar-refractivity contribution in [3.05, 3.63) is 28.7 Å². The number of benzene rings is 1. The molecule has 0 spiro atoms. The molecule has 0 saturated carbocycles. The van der Waals surface area contributed by atoms with Gasteiger partial charge >= 0.3 is 0 Å². The Morgan fingerprint density at radius 1 is 1.17 bits per heavy atom. The highest BCUT2D eigenvalue weighted by Crippen LogP contribution is 2.19. The first-order valence-electron chi connectivity index (χ1n) is 6.91. The highest BCUT2D eigenvalue weighted by molar-refractivity contribution is 9.10. The number of hydrogen-bond acceptors (Lipinski definition) is 2. The quantitative estimate of drug-likeness (QED) is 0.903. The van der Waals surface area contributed by atoms with Gasteiger partial charge in [-0.05, 0) is 63.9 Å². The lowest BCUT2D eigenvalue weighted by atomic mass is 10.1. The predicted molar refractivity (Wildman–Crippen MR) is 82.1 cm³/mol. The SMILES string of the molecule is CC(C)N1CCCC(Nc2ccc(Br)cc2)CC1. The summed E-state index contributed by atoms with van der Waals surface area (Å²) in [6, 6.07) is 9.79. The molecule has 0 bridgehead atoms. The van der Waals surface area contributed by atoms with Gasteiger partial charge in [0.05, 0.1) is 0 Å². The van der Waals surface area contributed by atoms with Crippen molar-refractivity contribution in [2.45, 2.75) is 45.2 Å². The van der Waals surface area contributed by atoms with Crippen LogP contribution in [0.1, 0.15) is 33.1 Å². The highest BCUT2D eigenvalue weighted by Gasteiger charge is 2.18. The molecule has 1 aliphatic heterocycles. The largest absolute Gasteiger partial charge is 0.382 e. The normalized spacial score (nSPS) is 21.9. The molecule has 1 aromatic carbocycles. The Balaban J connectivity index is 1.88. The zero-order valence-electron chi connectivity index (χ0n) is 11.3. The van der Waals surface area contributed by atoms with Gasteiger partial charge < -0.3 is 10.2 Å². The standard InChI is InChI=1S/C15H23BrN2/c1-12(2)18-10-3-4-14(9-11-18)17-15-7-5-13(16)6-8-15/h5-8,12,14,17H,3-4,9-11H2,1-2H3. The third-order valence-electron chi connectivity index (χ3n) is 3.71. The number of rotatable bonds is 3. The number of nitrogens with zero attached hydrogens (tertiary/aromatic N) is 1. The Bertz CT molecular complexity index is 361. The molecular weight excluding hydrogens is 288 g/mol. The molecule has 3 heteroatoms. The number of likely N-dealkylation sites (tertiary alicyclic amines) is 1. The van der Waals surface area contributed by atoms with Gasteiger partial charge in [-0.2, -0.15) is 0 Å². The van der Waals surface area contributed by atoms with Crippen molar-refractivity contribution in [1.29, 1.82) is 0 Å². The van der Waals surface area contributed by atoms with Crippen molar-refractivity contribution in [2.75, 3.05) is 18.4 Å². The zero-order chi connectivity index (χ0) is 13.0. The number of hydrogen-bond donors (Lipinski definition) is 1. The van der Waals surface area contributed by atoms with Crippen molar-refractivity contribution in [3.63, 3.8) is 0 Å². The summed E-state index contributed by atoms with van der Waals surface area (Å²) in [5.41, 5.74) is 1.24. The minimum atomic E-state index is 0.620.